The topological polar surface area (TPSA) is 52.6 Å². The lowest BCUT2D eigenvalue weighted by molar-refractivity contribution is -0.148. The number of unbranched alkanes of at least 4 members (excludes halogenated alkanes) is 10. The Kier molecular flexibility index (Phi) is 18.0. The first-order chi connectivity index (χ1) is 14.3. The molecule has 0 aliphatic rings. The Morgan fingerprint density at radius 2 is 1.10 bits per heavy atom. The molecule has 0 aliphatic heterocycles. The molecule has 0 amide bonds. The van der Waals surface area contributed by atoms with E-state index in [9.17, 15) is 9.59 Å². The Bertz CT molecular complexity index is 431. The lowest BCUT2D eigenvalue weighted by Crippen LogP contribution is -2.26. The van der Waals surface area contributed by atoms with Gasteiger partial charge in [-0.15, -0.1) is 0 Å². The second kappa shape index (κ2) is 18.7. The molecule has 0 aromatic heterocycles. The molecule has 4 nitrogen and oxygen atoms in total. The van der Waals surface area contributed by atoms with Crippen LogP contribution in [0.3, 0.4) is 0 Å². The summed E-state index contributed by atoms with van der Waals surface area (Å²) in [5.41, 5.74) is 0. The predicted molar refractivity (Wildman–Crippen MR) is 125 cm³/mol. The molecule has 0 heterocycles. The second-order valence-electron chi connectivity index (χ2n) is 9.62. The Hall–Kier alpha value is -1.06. The summed E-state index contributed by atoms with van der Waals surface area (Å²) in [5.74, 6) is 1.46. The third-order valence-electron chi connectivity index (χ3n) is 6.49. The van der Waals surface area contributed by atoms with Gasteiger partial charge in [0.15, 0.2) is 0 Å². The fourth-order valence-corrected chi connectivity index (χ4v) is 4.21. The first kappa shape index (κ1) is 28.9. The van der Waals surface area contributed by atoms with Gasteiger partial charge in [0.1, 0.15) is 0 Å². The van der Waals surface area contributed by atoms with Crippen LogP contribution in [0.5, 0.6) is 0 Å². The third-order valence-corrected chi connectivity index (χ3v) is 6.49. The molecule has 0 radical (unpaired) electrons. The molecule has 0 rings (SSSR count). The van der Waals surface area contributed by atoms with Crippen LogP contribution < -0.4 is 0 Å². The average molecular weight is 427 g/mol. The van der Waals surface area contributed by atoms with Crippen LogP contribution in [-0.2, 0) is 19.1 Å². The first-order valence-corrected chi connectivity index (χ1v) is 12.5. The van der Waals surface area contributed by atoms with E-state index in [1.165, 1.54) is 78.4 Å². The van der Waals surface area contributed by atoms with Crippen molar-refractivity contribution in [3.8, 4) is 0 Å². The highest BCUT2D eigenvalue weighted by Crippen LogP contribution is 2.30. The van der Waals surface area contributed by atoms with E-state index in [-0.39, 0.29) is 17.9 Å². The van der Waals surface area contributed by atoms with Gasteiger partial charge in [-0.2, -0.15) is 0 Å². The summed E-state index contributed by atoms with van der Waals surface area (Å²) in [5, 5.41) is 0. The van der Waals surface area contributed by atoms with Crippen molar-refractivity contribution in [1.82, 2.24) is 0 Å². The molecule has 2 atom stereocenters. The molecule has 0 saturated carbocycles. The molecule has 0 spiro atoms. The van der Waals surface area contributed by atoms with Gasteiger partial charge in [-0.3, -0.25) is 9.59 Å². The first-order valence-electron chi connectivity index (χ1n) is 12.5. The lowest BCUT2D eigenvalue weighted by atomic mass is 9.79. The summed E-state index contributed by atoms with van der Waals surface area (Å²) in [7, 11) is 2.96. The molecule has 0 fully saturated rings. The molecular formula is C26H50O4. The number of carbonyl (C=O) groups is 2. The van der Waals surface area contributed by atoms with E-state index in [4.69, 9.17) is 4.74 Å². The number of carbonyl (C=O) groups excluding carboxylic acids is 2. The standard InChI is InChI=1S/C26H50O4/c1-21(2)23(20-24(22(3)4)26(28)30-6)18-16-14-12-10-8-7-9-11-13-15-17-19-25(27)29-5/h21-24H,7-20H2,1-6H3. The largest absolute Gasteiger partial charge is 0.469 e. The van der Waals surface area contributed by atoms with E-state index in [0.717, 1.165) is 19.3 Å². The molecular weight excluding hydrogens is 376 g/mol. The number of ether oxygens (including phenoxy) is 2. The summed E-state index contributed by atoms with van der Waals surface area (Å²) >= 11 is 0. The molecule has 0 saturated heterocycles. The van der Waals surface area contributed by atoms with Crippen LogP contribution in [0.4, 0.5) is 0 Å². The van der Waals surface area contributed by atoms with Crippen LogP contribution in [-0.4, -0.2) is 26.2 Å². The van der Waals surface area contributed by atoms with Crippen molar-refractivity contribution in [3.63, 3.8) is 0 Å². The maximum atomic E-state index is 12.1. The molecule has 0 aromatic carbocycles. The van der Waals surface area contributed by atoms with Crippen LogP contribution in [0.2, 0.25) is 0 Å². The molecule has 2 unspecified atom stereocenters. The number of hydrogen-bond donors (Lipinski definition) is 0. The number of methoxy groups -OCH3 is 2. The molecule has 0 bridgehead atoms. The monoisotopic (exact) mass is 426 g/mol. The highest BCUT2D eigenvalue weighted by atomic mass is 16.5. The quantitative estimate of drug-likeness (QED) is 0.160. The van der Waals surface area contributed by atoms with Gasteiger partial charge in [0, 0.05) is 6.42 Å². The highest BCUT2D eigenvalue weighted by molar-refractivity contribution is 5.72. The normalized spacial score (nSPS) is 13.5. The molecule has 30 heavy (non-hydrogen) atoms. The van der Waals surface area contributed by atoms with E-state index in [1.54, 1.807) is 0 Å². The van der Waals surface area contributed by atoms with Crippen LogP contribution in [0.15, 0.2) is 0 Å². The number of esters is 2. The minimum Gasteiger partial charge on any atom is -0.469 e. The van der Waals surface area contributed by atoms with Gasteiger partial charge in [0.25, 0.3) is 0 Å². The van der Waals surface area contributed by atoms with Crippen molar-refractivity contribution < 1.29 is 19.1 Å². The molecule has 4 heteroatoms. The van der Waals surface area contributed by atoms with Gasteiger partial charge in [0.05, 0.1) is 20.1 Å². The zero-order valence-corrected chi connectivity index (χ0v) is 20.8. The Morgan fingerprint density at radius 3 is 1.50 bits per heavy atom. The van der Waals surface area contributed by atoms with Crippen molar-refractivity contribution in [2.75, 3.05) is 14.2 Å². The van der Waals surface area contributed by atoms with Crippen molar-refractivity contribution in [2.45, 2.75) is 118 Å². The van der Waals surface area contributed by atoms with Crippen molar-refractivity contribution in [3.05, 3.63) is 0 Å². The number of rotatable bonds is 19. The highest BCUT2D eigenvalue weighted by Gasteiger charge is 2.27. The average Bonchev–Trinajstić information content (AvgIpc) is 2.72. The Morgan fingerprint density at radius 1 is 0.633 bits per heavy atom. The van der Waals surface area contributed by atoms with Gasteiger partial charge in [-0.25, -0.2) is 0 Å². The Labute approximate surface area is 186 Å². The SMILES string of the molecule is COC(=O)CCCCCCCCCCCCCC(CC(C(=O)OC)C(C)C)C(C)C. The smallest absolute Gasteiger partial charge is 0.308 e. The summed E-state index contributed by atoms with van der Waals surface area (Å²) in [4.78, 5) is 23.1. The zero-order chi connectivity index (χ0) is 22.8. The second-order valence-corrected chi connectivity index (χ2v) is 9.62. The lowest BCUT2D eigenvalue weighted by Gasteiger charge is -2.27. The van der Waals surface area contributed by atoms with E-state index in [1.807, 2.05) is 0 Å². The van der Waals surface area contributed by atoms with Crippen molar-refractivity contribution in [1.29, 1.82) is 0 Å². The van der Waals surface area contributed by atoms with Crippen LogP contribution >= 0.6 is 0 Å². The molecule has 0 aromatic rings. The fraction of sp³-hybridized carbons (Fsp3) is 0.923. The Balaban J connectivity index is 3.75. The van der Waals surface area contributed by atoms with Gasteiger partial charge in [0.2, 0.25) is 0 Å². The third kappa shape index (κ3) is 14.8. The van der Waals surface area contributed by atoms with E-state index in [0.29, 0.717) is 24.2 Å². The molecule has 0 aliphatic carbocycles. The summed E-state index contributed by atoms with van der Waals surface area (Å²) in [6.45, 7) is 8.83. The van der Waals surface area contributed by atoms with E-state index < -0.39 is 0 Å². The maximum Gasteiger partial charge on any atom is 0.308 e. The predicted octanol–water partition coefficient (Wildman–Crippen LogP) is 7.34. The summed E-state index contributed by atoms with van der Waals surface area (Å²) in [6, 6.07) is 0. The number of hydrogen-bond acceptors (Lipinski definition) is 4. The van der Waals surface area contributed by atoms with Crippen molar-refractivity contribution >= 4 is 11.9 Å². The summed E-state index contributed by atoms with van der Waals surface area (Å²) in [6.07, 6.45) is 16.6. The van der Waals surface area contributed by atoms with E-state index in [2.05, 4.69) is 32.4 Å². The van der Waals surface area contributed by atoms with Gasteiger partial charge in [-0.1, -0.05) is 98.3 Å². The van der Waals surface area contributed by atoms with Crippen molar-refractivity contribution in [2.24, 2.45) is 23.7 Å². The van der Waals surface area contributed by atoms with Gasteiger partial charge in [-0.05, 0) is 30.6 Å². The molecule has 0 N–H and O–H groups in total. The minimum atomic E-state index is -0.0853. The van der Waals surface area contributed by atoms with Gasteiger partial charge < -0.3 is 9.47 Å². The van der Waals surface area contributed by atoms with Crippen LogP contribution in [0.1, 0.15) is 118 Å². The summed E-state index contributed by atoms with van der Waals surface area (Å²) < 4.78 is 9.69. The molecule has 178 valence electrons. The van der Waals surface area contributed by atoms with Crippen LogP contribution in [0.25, 0.3) is 0 Å². The maximum absolute atomic E-state index is 12.1. The minimum absolute atomic E-state index is 0.0304. The van der Waals surface area contributed by atoms with E-state index >= 15 is 0 Å². The van der Waals surface area contributed by atoms with Crippen LogP contribution in [0, 0.1) is 23.7 Å². The van der Waals surface area contributed by atoms with Gasteiger partial charge >= 0.3 is 11.9 Å². The fourth-order valence-electron chi connectivity index (χ4n) is 4.21. The zero-order valence-electron chi connectivity index (χ0n) is 20.8.